The van der Waals surface area contributed by atoms with Crippen LogP contribution in [0.15, 0.2) is 24.3 Å². The van der Waals surface area contributed by atoms with Crippen molar-refractivity contribution in [2.45, 2.75) is 108 Å². The van der Waals surface area contributed by atoms with Crippen molar-refractivity contribution in [1.82, 2.24) is 0 Å². The van der Waals surface area contributed by atoms with E-state index in [-0.39, 0.29) is 35.3 Å². The average Bonchev–Trinajstić information content (AvgIpc) is 3.36. The molecule has 0 bridgehead atoms. The number of rotatable bonds is 6. The quantitative estimate of drug-likeness (QED) is 0.286. The number of carbonyl (C=O) groups is 1. The molecule has 0 aromatic heterocycles. The summed E-state index contributed by atoms with van der Waals surface area (Å²) in [6.45, 7) is 9.74. The Bertz CT molecular complexity index is 646. The number of aliphatic carboxylic acids is 1. The van der Waals surface area contributed by atoms with E-state index in [0.29, 0.717) is 0 Å². The van der Waals surface area contributed by atoms with Crippen LogP contribution in [0.25, 0.3) is 0 Å². The second-order valence-corrected chi connectivity index (χ2v) is 14.0. The van der Waals surface area contributed by atoms with E-state index in [9.17, 15) is 13.2 Å². The summed E-state index contributed by atoms with van der Waals surface area (Å²) in [5, 5.41) is 10.8. The van der Waals surface area contributed by atoms with Gasteiger partial charge in [0, 0.05) is 0 Å². The molecule has 2 nitrogen and oxygen atoms in total. The van der Waals surface area contributed by atoms with Crippen LogP contribution in [0, 0.1) is 0 Å². The second kappa shape index (κ2) is 13.8. The molecule has 32 heavy (non-hydrogen) atoms. The van der Waals surface area contributed by atoms with E-state index in [1.165, 1.54) is 51.4 Å². The molecule has 2 fully saturated rings. The summed E-state index contributed by atoms with van der Waals surface area (Å²) in [5.41, 5.74) is 3.96. The van der Waals surface area contributed by atoms with E-state index in [2.05, 4.69) is 52.0 Å². The van der Waals surface area contributed by atoms with Crippen molar-refractivity contribution in [3.63, 3.8) is 0 Å². The van der Waals surface area contributed by atoms with Crippen LogP contribution < -0.4 is 10.6 Å². The summed E-state index contributed by atoms with van der Waals surface area (Å²) in [5.74, 6) is -2.76. The molecule has 0 radical (unpaired) electrons. The molecular weight excluding hydrogens is 540 g/mol. The molecule has 2 aliphatic rings. The van der Waals surface area contributed by atoms with Crippen molar-refractivity contribution in [2.24, 2.45) is 0 Å². The zero-order valence-corrected chi connectivity index (χ0v) is 23.0. The van der Waals surface area contributed by atoms with Gasteiger partial charge in [0.25, 0.3) is 0 Å². The van der Waals surface area contributed by atoms with E-state index in [1.54, 1.807) is 0 Å². The first-order valence-electron chi connectivity index (χ1n) is 11.6. The third-order valence-corrected chi connectivity index (χ3v) is 14.5. The van der Waals surface area contributed by atoms with Crippen LogP contribution in [0.2, 0.25) is 0 Å². The van der Waals surface area contributed by atoms with Crippen molar-refractivity contribution < 1.29 is 42.6 Å². The molecule has 0 spiro atoms. The minimum absolute atomic E-state index is 0. The van der Waals surface area contributed by atoms with E-state index in [0.717, 1.165) is 22.6 Å². The van der Waals surface area contributed by atoms with Crippen LogP contribution in [0.4, 0.5) is 13.2 Å². The van der Waals surface area contributed by atoms with Gasteiger partial charge in [-0.05, 0) is 84.6 Å². The minimum atomic E-state index is -5.08. The summed E-state index contributed by atoms with van der Waals surface area (Å²) < 4.78 is 31.7. The second-order valence-electron chi connectivity index (χ2n) is 8.51. The standard InChI is InChI=1S/C22H36P2.C2HF3O2.Ru/c1-5-17-13-14-18(6-2)23(17)21-11-9-10-12-22(21)24-19(7-3)15-16-20(24)8-4;3-2(4,5)1(6)7;/h9-12,17-20H,5-8,13-16H2,1-4H3;(H,6,7);/q;;+2/t17-,18-,19+,20+;;. The molecule has 182 valence electrons. The molecule has 1 aromatic carbocycles. The van der Waals surface area contributed by atoms with Crippen LogP contribution in [0.1, 0.15) is 79.1 Å². The number of hydrogen-bond acceptors (Lipinski definition) is 1. The van der Waals surface area contributed by atoms with Gasteiger partial charge in [-0.25, -0.2) is 4.79 Å². The molecule has 2 saturated heterocycles. The summed E-state index contributed by atoms with van der Waals surface area (Å²) in [6.07, 6.45) is 6.43. The first-order valence-corrected chi connectivity index (χ1v) is 14.6. The zero-order valence-electron chi connectivity index (χ0n) is 19.5. The molecule has 1 aromatic rings. The van der Waals surface area contributed by atoms with Gasteiger partial charge in [0.2, 0.25) is 0 Å². The molecule has 3 rings (SSSR count). The third-order valence-electron chi connectivity index (χ3n) is 6.81. The molecule has 0 saturated carbocycles. The Morgan fingerprint density at radius 1 is 0.812 bits per heavy atom. The van der Waals surface area contributed by atoms with E-state index in [1.807, 2.05) is 10.6 Å². The number of carboxylic acid groups (broad SMARTS) is 1. The van der Waals surface area contributed by atoms with Gasteiger partial charge in [-0.1, -0.05) is 67.8 Å². The minimum Gasteiger partial charge on any atom is -0.475 e. The van der Waals surface area contributed by atoms with Gasteiger partial charge in [0.05, 0.1) is 0 Å². The van der Waals surface area contributed by atoms with E-state index < -0.39 is 12.1 Å². The number of carboxylic acids is 1. The number of halogens is 3. The summed E-state index contributed by atoms with van der Waals surface area (Å²) in [7, 11) is 0.128. The van der Waals surface area contributed by atoms with Crippen LogP contribution in [-0.2, 0) is 24.3 Å². The fraction of sp³-hybridized carbons (Fsp3) is 0.708. The maximum absolute atomic E-state index is 10.6. The largest absolute Gasteiger partial charge is 2.00 e. The third kappa shape index (κ3) is 7.23. The summed E-state index contributed by atoms with van der Waals surface area (Å²) in [6, 6.07) is 9.79. The molecule has 2 aliphatic heterocycles. The Hall–Kier alpha value is -0.0366. The SMILES string of the molecule is CC[C@@H]1CC[C@@H](CC)P1c1ccccc1P1[C@@H](CC)CC[C@@H]1CC.O=C(O)C(F)(F)F.[Ru+2]. The summed E-state index contributed by atoms with van der Waals surface area (Å²) >= 11 is 0. The Morgan fingerprint density at radius 3 is 1.25 bits per heavy atom. The van der Waals surface area contributed by atoms with Gasteiger partial charge in [-0.3, -0.25) is 0 Å². The fourth-order valence-electron chi connectivity index (χ4n) is 5.21. The molecule has 4 atom stereocenters. The Labute approximate surface area is 206 Å². The van der Waals surface area contributed by atoms with Crippen LogP contribution >= 0.6 is 15.8 Å². The molecule has 2 heterocycles. The van der Waals surface area contributed by atoms with Crippen LogP contribution in [0.5, 0.6) is 0 Å². The van der Waals surface area contributed by atoms with Crippen LogP contribution in [-0.4, -0.2) is 39.9 Å². The van der Waals surface area contributed by atoms with Gasteiger partial charge in [-0.15, -0.1) is 0 Å². The van der Waals surface area contributed by atoms with Gasteiger partial charge in [0.15, 0.2) is 0 Å². The topological polar surface area (TPSA) is 37.3 Å². The van der Waals surface area contributed by atoms with E-state index >= 15 is 0 Å². The van der Waals surface area contributed by atoms with E-state index in [4.69, 9.17) is 9.90 Å². The first-order chi connectivity index (χ1) is 14.7. The number of benzene rings is 1. The van der Waals surface area contributed by atoms with Gasteiger partial charge in [-0.2, -0.15) is 13.2 Å². The normalized spacial score (nSPS) is 26.3. The molecular formula is C24H37F3O2P2Ru+2. The van der Waals surface area contributed by atoms with Crippen molar-refractivity contribution >= 4 is 32.4 Å². The van der Waals surface area contributed by atoms with Gasteiger partial charge >= 0.3 is 31.6 Å². The smallest absolute Gasteiger partial charge is 0.475 e. The molecule has 1 N–H and O–H groups in total. The predicted octanol–water partition coefficient (Wildman–Crippen LogP) is 7.23. The number of hydrogen-bond donors (Lipinski definition) is 1. The monoisotopic (exact) mass is 578 g/mol. The zero-order chi connectivity index (χ0) is 23.2. The van der Waals surface area contributed by atoms with Crippen molar-refractivity contribution in [2.75, 3.05) is 0 Å². The molecule has 0 amide bonds. The Morgan fingerprint density at radius 2 is 1.06 bits per heavy atom. The Kier molecular flexibility index (Phi) is 12.9. The van der Waals surface area contributed by atoms with Gasteiger partial charge in [0.1, 0.15) is 0 Å². The average molecular weight is 578 g/mol. The van der Waals surface area contributed by atoms with Crippen molar-refractivity contribution in [3.8, 4) is 0 Å². The van der Waals surface area contributed by atoms with Crippen molar-refractivity contribution in [3.05, 3.63) is 24.3 Å². The van der Waals surface area contributed by atoms with Crippen molar-refractivity contribution in [1.29, 1.82) is 0 Å². The molecule has 8 heteroatoms. The Balaban J connectivity index is 0.000000558. The predicted molar refractivity (Wildman–Crippen MR) is 128 cm³/mol. The summed E-state index contributed by atoms with van der Waals surface area (Å²) in [4.78, 5) is 8.90. The maximum atomic E-state index is 10.6. The van der Waals surface area contributed by atoms with Gasteiger partial charge < -0.3 is 5.11 Å². The fourth-order valence-corrected chi connectivity index (χ4v) is 13.1. The van der Waals surface area contributed by atoms with Crippen LogP contribution in [0.3, 0.4) is 0 Å². The number of alkyl halides is 3. The molecule has 0 aliphatic carbocycles. The molecule has 0 unspecified atom stereocenters. The maximum Gasteiger partial charge on any atom is 2.00 e. The first kappa shape index (κ1) is 30.0.